The van der Waals surface area contributed by atoms with Crippen molar-refractivity contribution in [1.29, 1.82) is 0 Å². The van der Waals surface area contributed by atoms with Crippen molar-refractivity contribution in [2.75, 3.05) is 6.54 Å². The molecule has 1 N–H and O–H groups in total. The number of carbonyl (C=O) groups excluding carboxylic acids is 1. The van der Waals surface area contributed by atoms with Crippen LogP contribution >= 0.6 is 0 Å². The number of tetrazole rings is 1. The van der Waals surface area contributed by atoms with Gasteiger partial charge in [-0.1, -0.05) is 24.3 Å². The molecular weight excluding hydrogens is 258 g/mol. The van der Waals surface area contributed by atoms with Gasteiger partial charge in [-0.05, 0) is 23.3 Å². The minimum atomic E-state index is -0.393. The number of carbonyl (C=O) groups is 1. The molecule has 2 heterocycles. The van der Waals surface area contributed by atoms with E-state index < -0.39 is 6.09 Å². The van der Waals surface area contributed by atoms with E-state index in [1.54, 1.807) is 0 Å². The molecule has 1 amide bonds. The van der Waals surface area contributed by atoms with E-state index in [1.807, 2.05) is 12.1 Å². The molecule has 1 fully saturated rings. The summed E-state index contributed by atoms with van der Waals surface area (Å²) in [5.74, 6) is 0.664. The largest absolute Gasteiger partial charge is 0.442 e. The summed E-state index contributed by atoms with van der Waals surface area (Å²) in [6, 6.07) is 8.11. The molecule has 1 aromatic heterocycles. The van der Waals surface area contributed by atoms with Crippen molar-refractivity contribution < 1.29 is 9.53 Å². The van der Waals surface area contributed by atoms with Gasteiger partial charge in [-0.25, -0.2) is 4.79 Å². The monoisotopic (exact) mass is 273 g/mol. The van der Waals surface area contributed by atoms with Crippen molar-refractivity contribution in [2.24, 2.45) is 0 Å². The van der Waals surface area contributed by atoms with Crippen molar-refractivity contribution in [2.45, 2.75) is 26.0 Å². The van der Waals surface area contributed by atoms with Gasteiger partial charge < -0.3 is 10.1 Å². The van der Waals surface area contributed by atoms with Crippen molar-refractivity contribution in [1.82, 2.24) is 25.5 Å². The summed E-state index contributed by atoms with van der Waals surface area (Å²) in [6.45, 7) is 2.95. The number of aryl methyl sites for hydroxylation is 1. The predicted molar refractivity (Wildman–Crippen MR) is 70.1 cm³/mol. The van der Waals surface area contributed by atoms with Gasteiger partial charge in [0.15, 0.2) is 5.82 Å². The van der Waals surface area contributed by atoms with Crippen molar-refractivity contribution in [3.05, 3.63) is 41.2 Å². The second-order valence-electron chi connectivity index (χ2n) is 4.77. The van der Waals surface area contributed by atoms with E-state index in [9.17, 15) is 4.79 Å². The smallest absolute Gasteiger partial charge is 0.407 e. The lowest BCUT2D eigenvalue weighted by Gasteiger charge is -2.05. The summed E-state index contributed by atoms with van der Waals surface area (Å²) in [5.41, 5.74) is 2.39. The molecule has 0 radical (unpaired) electrons. The van der Waals surface area contributed by atoms with Crippen LogP contribution in [0.25, 0.3) is 0 Å². The zero-order valence-electron chi connectivity index (χ0n) is 11.1. The van der Waals surface area contributed by atoms with Crippen LogP contribution in [0.3, 0.4) is 0 Å². The molecule has 0 bridgehead atoms. The number of benzene rings is 1. The Labute approximate surface area is 115 Å². The van der Waals surface area contributed by atoms with Gasteiger partial charge in [-0.3, -0.25) is 0 Å². The number of aromatic nitrogens is 4. The van der Waals surface area contributed by atoms with E-state index in [-0.39, 0.29) is 6.10 Å². The normalized spacial score (nSPS) is 17.9. The van der Waals surface area contributed by atoms with Crippen LogP contribution in [0, 0.1) is 6.92 Å². The molecular formula is C13H15N5O2. The van der Waals surface area contributed by atoms with E-state index in [2.05, 4.69) is 39.8 Å². The summed E-state index contributed by atoms with van der Waals surface area (Å²) in [4.78, 5) is 12.4. The topological polar surface area (TPSA) is 81.9 Å². The lowest BCUT2D eigenvalue weighted by molar-refractivity contribution is 0.125. The van der Waals surface area contributed by atoms with Crippen LogP contribution < -0.4 is 5.32 Å². The van der Waals surface area contributed by atoms with E-state index in [0.29, 0.717) is 25.3 Å². The molecule has 1 aromatic carbocycles. The van der Waals surface area contributed by atoms with Crippen LogP contribution in [0.2, 0.25) is 0 Å². The molecule has 0 saturated carbocycles. The van der Waals surface area contributed by atoms with E-state index in [4.69, 9.17) is 4.74 Å². The number of amides is 1. The first-order chi connectivity index (χ1) is 9.70. The van der Waals surface area contributed by atoms with E-state index in [0.717, 1.165) is 0 Å². The van der Waals surface area contributed by atoms with Gasteiger partial charge in [0.2, 0.25) is 0 Å². The molecule has 20 heavy (non-hydrogen) atoms. The summed E-state index contributed by atoms with van der Waals surface area (Å²) < 4.78 is 5.03. The fourth-order valence-corrected chi connectivity index (χ4v) is 2.12. The third kappa shape index (κ3) is 2.76. The first-order valence-corrected chi connectivity index (χ1v) is 6.46. The fourth-order valence-electron chi connectivity index (χ4n) is 2.12. The first-order valence-electron chi connectivity index (χ1n) is 6.46. The Morgan fingerprint density at radius 2 is 2.30 bits per heavy atom. The predicted octanol–water partition coefficient (Wildman–Crippen LogP) is 0.681. The lowest BCUT2D eigenvalue weighted by atomic mass is 10.1. The van der Waals surface area contributed by atoms with E-state index >= 15 is 0 Å². The number of alkyl carbamates (subject to hydrolysis) is 1. The Balaban J connectivity index is 1.65. The van der Waals surface area contributed by atoms with Crippen LogP contribution in [0.1, 0.15) is 17.0 Å². The Hall–Kier alpha value is -2.44. The Bertz CT molecular complexity index is 625. The Morgan fingerprint density at radius 3 is 3.05 bits per heavy atom. The van der Waals surface area contributed by atoms with Crippen LogP contribution in [-0.4, -0.2) is 38.9 Å². The van der Waals surface area contributed by atoms with Gasteiger partial charge in [0.25, 0.3) is 0 Å². The molecule has 1 saturated heterocycles. The summed E-state index contributed by atoms with van der Waals surface area (Å²) in [5, 5.41) is 14.9. The van der Waals surface area contributed by atoms with Gasteiger partial charge in [0.1, 0.15) is 12.6 Å². The van der Waals surface area contributed by atoms with Crippen molar-refractivity contribution in [3.63, 3.8) is 0 Å². The third-order valence-corrected chi connectivity index (χ3v) is 3.22. The number of rotatable bonds is 4. The summed E-state index contributed by atoms with van der Waals surface area (Å²) >= 11 is 0. The minimum absolute atomic E-state index is 0.233. The molecule has 0 aliphatic carbocycles. The number of hydrogen-bond acceptors (Lipinski definition) is 5. The van der Waals surface area contributed by atoms with Gasteiger partial charge in [0, 0.05) is 6.42 Å². The van der Waals surface area contributed by atoms with Crippen LogP contribution in [0.4, 0.5) is 4.79 Å². The minimum Gasteiger partial charge on any atom is -0.442 e. The standard InChI is InChI=1S/C13H15N5O2/c1-9-4-2-3-5-10(9)6-12-15-17-18(16-12)8-11-7-14-13(19)20-11/h2-5,11H,6-8H2,1H3,(H,14,19). The number of hydrogen-bond donors (Lipinski definition) is 1. The fraction of sp³-hybridized carbons (Fsp3) is 0.385. The molecule has 3 rings (SSSR count). The van der Waals surface area contributed by atoms with Gasteiger partial charge in [-0.15, -0.1) is 10.2 Å². The highest BCUT2D eigenvalue weighted by molar-refractivity contribution is 5.69. The number of cyclic esters (lactones) is 1. The maximum Gasteiger partial charge on any atom is 0.407 e. The summed E-state index contributed by atoms with van der Waals surface area (Å²) in [6.07, 6.45) is 0.0216. The van der Waals surface area contributed by atoms with Crippen LogP contribution in [0.15, 0.2) is 24.3 Å². The molecule has 7 heteroatoms. The highest BCUT2D eigenvalue weighted by Crippen LogP contribution is 2.10. The Kier molecular flexibility index (Phi) is 3.32. The third-order valence-electron chi connectivity index (χ3n) is 3.22. The number of nitrogens with one attached hydrogen (secondary N) is 1. The quantitative estimate of drug-likeness (QED) is 0.886. The van der Waals surface area contributed by atoms with Crippen molar-refractivity contribution in [3.8, 4) is 0 Å². The first kappa shape index (κ1) is 12.6. The molecule has 1 aliphatic heterocycles. The Morgan fingerprint density at radius 1 is 1.45 bits per heavy atom. The second-order valence-corrected chi connectivity index (χ2v) is 4.77. The highest BCUT2D eigenvalue weighted by atomic mass is 16.6. The molecule has 2 aromatic rings. The molecule has 1 aliphatic rings. The zero-order valence-corrected chi connectivity index (χ0v) is 11.1. The molecule has 0 spiro atoms. The average molecular weight is 273 g/mol. The van der Waals surface area contributed by atoms with Gasteiger partial charge in [-0.2, -0.15) is 4.80 Å². The zero-order chi connectivity index (χ0) is 13.9. The molecule has 1 unspecified atom stereocenters. The maximum absolute atomic E-state index is 10.9. The van der Waals surface area contributed by atoms with E-state index in [1.165, 1.54) is 15.9 Å². The summed E-state index contributed by atoms with van der Waals surface area (Å²) in [7, 11) is 0. The number of ether oxygens (including phenoxy) is 1. The lowest BCUT2D eigenvalue weighted by Crippen LogP contribution is -2.22. The maximum atomic E-state index is 10.9. The molecule has 104 valence electrons. The highest BCUT2D eigenvalue weighted by Gasteiger charge is 2.23. The van der Waals surface area contributed by atoms with Gasteiger partial charge in [0.05, 0.1) is 6.54 Å². The molecule has 7 nitrogen and oxygen atoms in total. The van der Waals surface area contributed by atoms with Gasteiger partial charge >= 0.3 is 6.09 Å². The van der Waals surface area contributed by atoms with Crippen LogP contribution in [0.5, 0.6) is 0 Å². The second kappa shape index (κ2) is 5.28. The average Bonchev–Trinajstić information content (AvgIpc) is 3.02. The number of nitrogens with zero attached hydrogens (tertiary/aromatic N) is 4. The molecule has 1 atom stereocenters. The van der Waals surface area contributed by atoms with Crippen LogP contribution in [-0.2, 0) is 17.7 Å². The van der Waals surface area contributed by atoms with Crippen molar-refractivity contribution >= 4 is 6.09 Å². The SMILES string of the molecule is Cc1ccccc1Cc1nnn(CC2CNC(=O)O2)n1.